The van der Waals surface area contributed by atoms with Gasteiger partial charge in [-0.25, -0.2) is 14.2 Å². The fourth-order valence-corrected chi connectivity index (χ4v) is 4.92. The summed E-state index contributed by atoms with van der Waals surface area (Å²) >= 11 is 0. The number of nitrogens with one attached hydrogen (secondary N) is 1. The Morgan fingerprint density at radius 3 is 2.67 bits per heavy atom. The summed E-state index contributed by atoms with van der Waals surface area (Å²) in [6.07, 6.45) is 1.62. The molecule has 2 aliphatic rings. The van der Waals surface area contributed by atoms with E-state index in [0.29, 0.717) is 30.7 Å². The Morgan fingerprint density at radius 2 is 2.00 bits per heavy atom. The summed E-state index contributed by atoms with van der Waals surface area (Å²) in [5.74, 6) is -1.29. The van der Waals surface area contributed by atoms with Crippen molar-refractivity contribution < 1.29 is 23.5 Å². The number of halogens is 1. The van der Waals surface area contributed by atoms with Gasteiger partial charge in [0.25, 0.3) is 11.5 Å². The maximum Gasteiger partial charge on any atom is 0.410 e. The number of pyridine rings is 1. The van der Waals surface area contributed by atoms with Crippen LogP contribution in [0.1, 0.15) is 55.9 Å². The number of aromatic nitrogens is 4. The van der Waals surface area contributed by atoms with Gasteiger partial charge in [0, 0.05) is 19.2 Å². The Bertz CT molecular complexity index is 1520. The molecular formula is C26H30FN7O5. The highest BCUT2D eigenvalue weighted by Gasteiger charge is 2.42. The van der Waals surface area contributed by atoms with Crippen LogP contribution in [0.2, 0.25) is 0 Å². The average molecular weight is 540 g/mol. The molecule has 5 rings (SSSR count). The van der Waals surface area contributed by atoms with Crippen LogP contribution in [0.4, 0.5) is 15.0 Å². The summed E-state index contributed by atoms with van der Waals surface area (Å²) in [5, 5.41) is 6.98. The maximum atomic E-state index is 13.8. The minimum atomic E-state index is -0.645. The number of carbonyl (C=O) groups excluding carboxylic acids is 3. The van der Waals surface area contributed by atoms with E-state index in [4.69, 9.17) is 4.74 Å². The van der Waals surface area contributed by atoms with E-state index in [2.05, 4.69) is 15.4 Å². The number of hydrogen-bond donors (Lipinski definition) is 1. The minimum absolute atomic E-state index is 0.0399. The van der Waals surface area contributed by atoms with Gasteiger partial charge in [-0.3, -0.25) is 14.4 Å². The summed E-state index contributed by atoms with van der Waals surface area (Å²) in [5.41, 5.74) is 0.241. The molecule has 1 fully saturated rings. The number of ether oxygens (including phenoxy) is 1. The molecule has 1 unspecified atom stereocenters. The number of rotatable bonds is 5. The highest BCUT2D eigenvalue weighted by molar-refractivity contribution is 5.99. The van der Waals surface area contributed by atoms with Crippen molar-refractivity contribution in [1.29, 1.82) is 0 Å². The van der Waals surface area contributed by atoms with Crippen LogP contribution in [0, 0.1) is 5.82 Å². The average Bonchev–Trinajstić information content (AvgIpc) is 3.59. The van der Waals surface area contributed by atoms with Gasteiger partial charge in [0.1, 0.15) is 35.1 Å². The number of hydrogen-bond acceptors (Lipinski definition) is 7. The van der Waals surface area contributed by atoms with Crippen LogP contribution in [-0.2, 0) is 29.0 Å². The molecule has 0 aliphatic carbocycles. The third-order valence-corrected chi connectivity index (χ3v) is 6.73. The van der Waals surface area contributed by atoms with E-state index >= 15 is 0 Å². The van der Waals surface area contributed by atoms with Crippen LogP contribution >= 0.6 is 0 Å². The first-order valence-electron chi connectivity index (χ1n) is 12.8. The molecule has 0 spiro atoms. The van der Waals surface area contributed by atoms with Crippen molar-refractivity contribution in [1.82, 2.24) is 29.0 Å². The number of nitrogens with zero attached hydrogens (tertiary/aromatic N) is 6. The van der Waals surface area contributed by atoms with E-state index in [1.54, 1.807) is 36.6 Å². The molecule has 0 radical (unpaired) electrons. The maximum absolute atomic E-state index is 13.8. The SMILES string of the molecule is CCc1cc2n(CC(=O)Nc3ccc(F)cn3)c3c(c(=O)n2n1)CN(C1CCN(C(=O)OC(C)(C)C)C1)C3=O. The molecule has 5 heterocycles. The predicted molar refractivity (Wildman–Crippen MR) is 138 cm³/mol. The second-order valence-electron chi connectivity index (χ2n) is 10.7. The molecule has 0 aromatic carbocycles. The second-order valence-corrected chi connectivity index (χ2v) is 10.7. The number of carbonyl (C=O) groups is 3. The lowest BCUT2D eigenvalue weighted by atomic mass is 10.2. The summed E-state index contributed by atoms with van der Waals surface area (Å²) in [6.45, 7) is 7.69. The smallest absolute Gasteiger partial charge is 0.410 e. The first-order valence-corrected chi connectivity index (χ1v) is 12.8. The zero-order valence-corrected chi connectivity index (χ0v) is 22.2. The van der Waals surface area contributed by atoms with Crippen LogP contribution < -0.4 is 10.9 Å². The molecule has 0 bridgehead atoms. The molecule has 3 amide bonds. The van der Waals surface area contributed by atoms with Crippen molar-refractivity contribution in [2.24, 2.45) is 0 Å². The molecular weight excluding hydrogens is 509 g/mol. The fourth-order valence-electron chi connectivity index (χ4n) is 4.92. The molecule has 12 nitrogen and oxygen atoms in total. The molecule has 39 heavy (non-hydrogen) atoms. The Kier molecular flexibility index (Phi) is 6.60. The molecule has 1 N–H and O–H groups in total. The van der Waals surface area contributed by atoms with Gasteiger partial charge in [0.2, 0.25) is 5.91 Å². The van der Waals surface area contributed by atoms with Gasteiger partial charge in [-0.1, -0.05) is 6.92 Å². The van der Waals surface area contributed by atoms with Gasteiger partial charge < -0.3 is 24.4 Å². The quantitative estimate of drug-likeness (QED) is 0.526. The minimum Gasteiger partial charge on any atom is -0.444 e. The number of likely N-dealkylation sites (tertiary alicyclic amines) is 1. The van der Waals surface area contributed by atoms with Gasteiger partial charge >= 0.3 is 6.09 Å². The molecule has 3 aromatic rings. The van der Waals surface area contributed by atoms with E-state index in [1.807, 2.05) is 6.92 Å². The van der Waals surface area contributed by atoms with Gasteiger partial charge in [0.15, 0.2) is 0 Å². The standard InChI is InChI=1S/C26H30FN7O5/c1-5-16-10-21-33(14-20(35)29-19-7-6-15(27)11-28-19)22-18(23(36)34(21)30-16)13-32(24(22)37)17-8-9-31(12-17)25(38)39-26(2,3)4/h6-7,10-11,17H,5,8-9,12-14H2,1-4H3,(H,28,29,35). The van der Waals surface area contributed by atoms with E-state index in [0.717, 1.165) is 6.20 Å². The number of amides is 3. The highest BCUT2D eigenvalue weighted by Crippen LogP contribution is 2.28. The summed E-state index contributed by atoms with van der Waals surface area (Å²) in [7, 11) is 0. The van der Waals surface area contributed by atoms with Gasteiger partial charge in [0.05, 0.1) is 30.0 Å². The summed E-state index contributed by atoms with van der Waals surface area (Å²) < 4.78 is 21.4. The number of aryl methyl sites for hydroxylation is 1. The van der Waals surface area contributed by atoms with Crippen LogP contribution in [-0.4, -0.2) is 71.6 Å². The highest BCUT2D eigenvalue weighted by atomic mass is 19.1. The Balaban J connectivity index is 1.45. The van der Waals surface area contributed by atoms with Crippen LogP contribution in [0.3, 0.4) is 0 Å². The Morgan fingerprint density at radius 1 is 1.23 bits per heavy atom. The first-order chi connectivity index (χ1) is 18.4. The number of fused-ring (bicyclic) bond motifs is 2. The van der Waals surface area contributed by atoms with E-state index < -0.39 is 34.9 Å². The molecule has 1 atom stereocenters. The van der Waals surface area contributed by atoms with E-state index in [-0.39, 0.29) is 42.8 Å². The zero-order chi connectivity index (χ0) is 28.1. The molecule has 206 valence electrons. The molecule has 0 saturated carbocycles. The summed E-state index contributed by atoms with van der Waals surface area (Å²) in [6, 6.07) is 3.86. The van der Waals surface area contributed by atoms with Crippen LogP contribution in [0.15, 0.2) is 29.2 Å². The fraction of sp³-hybridized carbons (Fsp3) is 0.462. The largest absolute Gasteiger partial charge is 0.444 e. The normalized spacial score (nSPS) is 17.2. The Hall–Kier alpha value is -4.29. The van der Waals surface area contributed by atoms with Crippen molar-refractivity contribution in [2.75, 3.05) is 18.4 Å². The monoisotopic (exact) mass is 539 g/mol. The van der Waals surface area contributed by atoms with E-state index in [9.17, 15) is 23.6 Å². The third-order valence-electron chi connectivity index (χ3n) is 6.73. The van der Waals surface area contributed by atoms with Crippen molar-refractivity contribution in [3.8, 4) is 0 Å². The van der Waals surface area contributed by atoms with Gasteiger partial charge in [-0.05, 0) is 45.7 Å². The predicted octanol–water partition coefficient (Wildman–Crippen LogP) is 2.20. The van der Waals surface area contributed by atoms with Crippen LogP contribution in [0.5, 0.6) is 0 Å². The van der Waals surface area contributed by atoms with Crippen molar-refractivity contribution >= 4 is 29.4 Å². The Labute approximate surface area is 223 Å². The van der Waals surface area contributed by atoms with Crippen molar-refractivity contribution in [3.63, 3.8) is 0 Å². The molecule has 13 heteroatoms. The third kappa shape index (κ3) is 5.08. The topological polar surface area (TPSA) is 131 Å². The molecule has 1 saturated heterocycles. The van der Waals surface area contributed by atoms with Crippen molar-refractivity contribution in [3.05, 3.63) is 57.5 Å². The second kappa shape index (κ2) is 9.79. The van der Waals surface area contributed by atoms with Gasteiger partial charge in [-0.15, -0.1) is 0 Å². The lowest BCUT2D eigenvalue weighted by Gasteiger charge is -2.26. The zero-order valence-electron chi connectivity index (χ0n) is 22.2. The van der Waals surface area contributed by atoms with Gasteiger partial charge in [-0.2, -0.15) is 9.61 Å². The van der Waals surface area contributed by atoms with E-state index in [1.165, 1.54) is 21.2 Å². The lowest BCUT2D eigenvalue weighted by molar-refractivity contribution is -0.116. The first kappa shape index (κ1) is 26.3. The van der Waals surface area contributed by atoms with Crippen LogP contribution in [0.25, 0.3) is 5.65 Å². The van der Waals surface area contributed by atoms with Crippen molar-refractivity contribution in [2.45, 2.75) is 65.3 Å². The molecule has 2 aliphatic heterocycles. The molecule has 3 aromatic heterocycles. The number of anilines is 1. The summed E-state index contributed by atoms with van der Waals surface area (Å²) in [4.78, 5) is 59.7. The lowest BCUT2D eigenvalue weighted by Crippen LogP contribution is -2.41.